The van der Waals surface area contributed by atoms with E-state index in [0.29, 0.717) is 17.4 Å². The minimum absolute atomic E-state index is 0.0628. The van der Waals surface area contributed by atoms with Crippen molar-refractivity contribution >= 4 is 13.7 Å². The highest BCUT2D eigenvalue weighted by atomic mass is 31.2. The molecule has 8 nitrogen and oxygen atoms in total. The van der Waals surface area contributed by atoms with Crippen molar-refractivity contribution in [2.45, 2.75) is 283 Å². The van der Waals surface area contributed by atoms with Gasteiger partial charge < -0.3 is 19.8 Å². The number of amides is 1. The van der Waals surface area contributed by atoms with Gasteiger partial charge in [-0.05, 0) is 44.9 Å². The Morgan fingerprint density at radius 1 is 0.516 bits per heavy atom. The van der Waals surface area contributed by atoms with Gasteiger partial charge >= 0.3 is 7.82 Å². The Balaban J connectivity index is 4.25. The number of nitrogens with one attached hydrogen (secondary N) is 1. The highest BCUT2D eigenvalue weighted by Crippen LogP contribution is 2.43. The maximum atomic E-state index is 13.0. The Kier molecular flexibility index (Phi) is 46.3. The number of hydrogen-bond acceptors (Lipinski definition) is 5. The lowest BCUT2D eigenvalue weighted by Crippen LogP contribution is -2.45. The van der Waals surface area contributed by atoms with Crippen LogP contribution in [-0.4, -0.2) is 73.4 Å². The summed E-state index contributed by atoms with van der Waals surface area (Å²) in [7, 11) is 1.58. The molecule has 9 heteroatoms. The molecule has 0 aromatic heterocycles. The summed E-state index contributed by atoms with van der Waals surface area (Å²) in [4.78, 5) is 23.3. The van der Waals surface area contributed by atoms with E-state index in [0.717, 1.165) is 38.5 Å². The molecule has 0 aliphatic heterocycles. The van der Waals surface area contributed by atoms with Crippen LogP contribution in [0.1, 0.15) is 271 Å². The fourth-order valence-electron chi connectivity index (χ4n) is 8.27. The second-order valence-corrected chi connectivity index (χ2v) is 21.8. The first-order valence-corrected chi connectivity index (χ1v) is 29.2. The molecule has 0 spiro atoms. The zero-order valence-electron chi connectivity index (χ0n) is 43.3. The number of hydrogen-bond donors (Lipinski definition) is 3. The third kappa shape index (κ3) is 48.9. The molecule has 0 aliphatic carbocycles. The highest BCUT2D eigenvalue weighted by molar-refractivity contribution is 7.47. The average molecular weight is 926 g/mol. The van der Waals surface area contributed by atoms with Crippen molar-refractivity contribution in [1.29, 1.82) is 0 Å². The van der Waals surface area contributed by atoms with Gasteiger partial charge in [0.1, 0.15) is 13.2 Å². The summed E-state index contributed by atoms with van der Waals surface area (Å²) in [6.07, 6.45) is 58.3. The summed E-state index contributed by atoms with van der Waals surface area (Å²) in [6.45, 7) is 4.85. The fraction of sp³-hybridized carbons (Fsp3) is 0.909. The Bertz CT molecular complexity index is 1090. The molecule has 3 atom stereocenters. The smallest absolute Gasteiger partial charge is 0.387 e. The summed E-state index contributed by atoms with van der Waals surface area (Å²) in [6, 6.07) is -0.846. The van der Waals surface area contributed by atoms with Gasteiger partial charge in [0.2, 0.25) is 5.91 Å². The molecular weight excluding hydrogens is 816 g/mol. The minimum Gasteiger partial charge on any atom is -0.387 e. The van der Waals surface area contributed by atoms with Crippen LogP contribution in [0.3, 0.4) is 0 Å². The summed E-state index contributed by atoms with van der Waals surface area (Å²) >= 11 is 0. The molecule has 0 aromatic carbocycles. The number of nitrogens with zero attached hydrogens (tertiary/aromatic N) is 1. The van der Waals surface area contributed by atoms with Crippen LogP contribution < -0.4 is 5.32 Å². The SMILES string of the molecule is CCCCCCCCCC/C=C\CCCCCCCCCCCC(=O)NC(COP(=O)(O)OCC[N+](C)(C)C)C(O)/C=C/CCCCCCCCCCCCCCCCCCCCC. The van der Waals surface area contributed by atoms with E-state index in [2.05, 4.69) is 31.3 Å². The normalized spacial score (nSPS) is 14.2. The Labute approximate surface area is 398 Å². The highest BCUT2D eigenvalue weighted by Gasteiger charge is 2.27. The van der Waals surface area contributed by atoms with Crippen molar-refractivity contribution in [3.63, 3.8) is 0 Å². The number of phosphoric ester groups is 1. The Morgan fingerprint density at radius 3 is 1.20 bits per heavy atom. The van der Waals surface area contributed by atoms with Crippen molar-refractivity contribution in [3.05, 3.63) is 24.3 Å². The fourth-order valence-corrected chi connectivity index (χ4v) is 9.01. The maximum Gasteiger partial charge on any atom is 0.472 e. The quantitative estimate of drug-likeness (QED) is 0.0243. The van der Waals surface area contributed by atoms with Gasteiger partial charge in [0, 0.05) is 6.42 Å². The number of rotatable bonds is 51. The Hall–Kier alpha value is -1.02. The van der Waals surface area contributed by atoms with Gasteiger partial charge in [-0.15, -0.1) is 0 Å². The van der Waals surface area contributed by atoms with Gasteiger partial charge in [-0.25, -0.2) is 4.57 Å². The third-order valence-corrected chi connectivity index (χ3v) is 13.6. The van der Waals surface area contributed by atoms with Crippen LogP contribution in [0, 0.1) is 0 Å². The van der Waals surface area contributed by atoms with Crippen molar-refractivity contribution in [2.75, 3.05) is 40.9 Å². The summed E-state index contributed by atoms with van der Waals surface area (Å²) in [5.41, 5.74) is 0. The summed E-state index contributed by atoms with van der Waals surface area (Å²) in [5, 5.41) is 13.9. The number of aliphatic hydroxyl groups is 1. The number of carbonyl (C=O) groups excluding carboxylic acids is 1. The van der Waals surface area contributed by atoms with E-state index in [1.807, 2.05) is 27.2 Å². The van der Waals surface area contributed by atoms with E-state index in [1.54, 1.807) is 6.08 Å². The molecule has 3 unspecified atom stereocenters. The van der Waals surface area contributed by atoms with Gasteiger partial charge in [-0.2, -0.15) is 0 Å². The first-order valence-electron chi connectivity index (χ1n) is 27.7. The van der Waals surface area contributed by atoms with Crippen LogP contribution in [0.4, 0.5) is 0 Å². The lowest BCUT2D eigenvalue weighted by atomic mass is 10.0. The van der Waals surface area contributed by atoms with Gasteiger partial charge in [0.25, 0.3) is 0 Å². The second kappa shape index (κ2) is 47.1. The number of likely N-dealkylation sites (N-methyl/N-ethyl adjacent to an activating group) is 1. The van der Waals surface area contributed by atoms with Gasteiger partial charge in [0.15, 0.2) is 0 Å². The monoisotopic (exact) mass is 926 g/mol. The van der Waals surface area contributed by atoms with Gasteiger partial charge in [-0.3, -0.25) is 13.8 Å². The van der Waals surface area contributed by atoms with Crippen molar-refractivity contribution < 1.29 is 32.9 Å². The predicted molar refractivity (Wildman–Crippen MR) is 277 cm³/mol. The zero-order chi connectivity index (χ0) is 47.1. The van der Waals surface area contributed by atoms with Crippen molar-refractivity contribution in [1.82, 2.24) is 5.32 Å². The lowest BCUT2D eigenvalue weighted by Gasteiger charge is -2.25. The molecule has 64 heavy (non-hydrogen) atoms. The summed E-state index contributed by atoms with van der Waals surface area (Å²) in [5.74, 6) is -0.176. The van der Waals surface area contributed by atoms with Crippen LogP contribution >= 0.6 is 7.82 Å². The number of unbranched alkanes of at least 4 members (excludes halogenated alkanes) is 36. The molecule has 3 N–H and O–H groups in total. The lowest BCUT2D eigenvalue weighted by molar-refractivity contribution is -0.870. The molecule has 0 aliphatic rings. The standard InChI is InChI=1S/C55H109N2O6P/c1-6-8-10-12-14-16-18-20-22-24-26-28-30-32-34-36-38-40-42-44-46-48-54(58)53(52-63-64(60,61)62-51-50-57(3,4)5)56-55(59)49-47-45-43-41-39-37-35-33-31-29-27-25-23-21-19-17-15-13-11-9-7-2/h25,27,46,48,53-54,58H,6-24,26,28-45,47,49-52H2,1-5H3,(H-,56,59,60,61)/p+1/b27-25-,48-46+. The van der Waals surface area contributed by atoms with Crippen LogP contribution in [0.5, 0.6) is 0 Å². The first-order chi connectivity index (χ1) is 31.0. The third-order valence-electron chi connectivity index (χ3n) is 12.7. The van der Waals surface area contributed by atoms with Crippen LogP contribution in [0.15, 0.2) is 24.3 Å². The molecule has 0 saturated carbocycles. The van der Waals surface area contributed by atoms with E-state index < -0.39 is 20.0 Å². The molecule has 0 heterocycles. The largest absolute Gasteiger partial charge is 0.472 e. The maximum absolute atomic E-state index is 13.0. The minimum atomic E-state index is -4.34. The molecule has 0 radical (unpaired) electrons. The van der Waals surface area contributed by atoms with E-state index in [4.69, 9.17) is 9.05 Å². The molecule has 380 valence electrons. The van der Waals surface area contributed by atoms with E-state index >= 15 is 0 Å². The number of aliphatic hydroxyl groups excluding tert-OH is 1. The zero-order valence-corrected chi connectivity index (χ0v) is 44.2. The van der Waals surface area contributed by atoms with Crippen molar-refractivity contribution in [2.24, 2.45) is 0 Å². The van der Waals surface area contributed by atoms with Crippen LogP contribution in [0.25, 0.3) is 0 Å². The van der Waals surface area contributed by atoms with E-state index in [9.17, 15) is 19.4 Å². The molecule has 0 fully saturated rings. The van der Waals surface area contributed by atoms with Crippen LogP contribution in [-0.2, 0) is 18.4 Å². The number of phosphoric acid groups is 1. The second-order valence-electron chi connectivity index (χ2n) is 20.3. The number of allylic oxidation sites excluding steroid dienone is 3. The predicted octanol–water partition coefficient (Wildman–Crippen LogP) is 16.4. The molecule has 1 amide bonds. The topological polar surface area (TPSA) is 105 Å². The molecule has 0 rings (SSSR count). The summed E-state index contributed by atoms with van der Waals surface area (Å²) < 4.78 is 23.7. The van der Waals surface area contributed by atoms with Crippen molar-refractivity contribution in [3.8, 4) is 0 Å². The van der Waals surface area contributed by atoms with E-state index in [-0.39, 0.29) is 19.1 Å². The molecule has 0 bridgehead atoms. The first kappa shape index (κ1) is 63.0. The van der Waals surface area contributed by atoms with Crippen LogP contribution in [0.2, 0.25) is 0 Å². The number of carbonyl (C=O) groups is 1. The van der Waals surface area contributed by atoms with E-state index in [1.165, 1.54) is 212 Å². The molecular formula is C55H110N2O6P+. The molecule has 0 saturated heterocycles. The number of quaternary nitrogens is 1. The Morgan fingerprint density at radius 2 is 0.844 bits per heavy atom. The molecule has 0 aromatic rings. The van der Waals surface area contributed by atoms with Gasteiger partial charge in [0.05, 0.1) is 39.9 Å². The average Bonchev–Trinajstić information content (AvgIpc) is 3.25. The van der Waals surface area contributed by atoms with Gasteiger partial charge in [-0.1, -0.05) is 244 Å².